The summed E-state index contributed by atoms with van der Waals surface area (Å²) < 4.78 is 0. The standard InChI is InChI=1S/C10H15NO.H3NO/c1-8(11-2)10(12)9-6-4-3-5-7-9;1-2/h3-8,10-12H,1-2H3;2H,1H2. The Kier molecular flexibility index (Phi) is 6.96. The smallest absolute Gasteiger partial charge is 0.0940 e. The summed E-state index contributed by atoms with van der Waals surface area (Å²) in [5.41, 5.74) is 0.958. The maximum atomic E-state index is 9.73. The van der Waals surface area contributed by atoms with Crippen LogP contribution in [0, 0.1) is 0 Å². The lowest BCUT2D eigenvalue weighted by molar-refractivity contribution is 0.140. The van der Waals surface area contributed by atoms with E-state index in [4.69, 9.17) is 5.21 Å². The molecule has 0 spiro atoms. The molecule has 0 amide bonds. The Labute approximate surface area is 84.3 Å². The third-order valence-corrected chi connectivity index (χ3v) is 2.07. The molecule has 0 saturated carbocycles. The summed E-state index contributed by atoms with van der Waals surface area (Å²) in [5.74, 6) is 3.50. The van der Waals surface area contributed by atoms with Gasteiger partial charge in [-0.15, -0.1) is 0 Å². The third kappa shape index (κ3) is 3.85. The molecule has 0 aromatic heterocycles. The van der Waals surface area contributed by atoms with Crippen molar-refractivity contribution < 1.29 is 10.3 Å². The Morgan fingerprint density at radius 2 is 1.71 bits per heavy atom. The van der Waals surface area contributed by atoms with Gasteiger partial charge in [0.1, 0.15) is 0 Å². The van der Waals surface area contributed by atoms with Crippen molar-refractivity contribution in [3.05, 3.63) is 35.9 Å². The summed E-state index contributed by atoms with van der Waals surface area (Å²) in [4.78, 5) is 0. The minimum atomic E-state index is -0.420. The Bertz CT molecular complexity index is 229. The second-order valence-corrected chi connectivity index (χ2v) is 2.93. The molecular weight excluding hydrogens is 180 g/mol. The van der Waals surface area contributed by atoms with E-state index in [-0.39, 0.29) is 6.04 Å². The molecule has 5 N–H and O–H groups in total. The van der Waals surface area contributed by atoms with Crippen LogP contribution in [-0.4, -0.2) is 23.4 Å². The molecule has 0 saturated heterocycles. The van der Waals surface area contributed by atoms with Gasteiger partial charge in [-0.05, 0) is 19.5 Å². The largest absolute Gasteiger partial charge is 0.387 e. The van der Waals surface area contributed by atoms with Crippen LogP contribution in [0.2, 0.25) is 0 Å². The highest BCUT2D eigenvalue weighted by molar-refractivity contribution is 5.18. The van der Waals surface area contributed by atoms with Crippen molar-refractivity contribution in [3.63, 3.8) is 0 Å². The van der Waals surface area contributed by atoms with Gasteiger partial charge in [0.25, 0.3) is 0 Å². The van der Waals surface area contributed by atoms with E-state index in [1.165, 1.54) is 0 Å². The summed E-state index contributed by atoms with van der Waals surface area (Å²) in [7, 11) is 1.84. The number of aliphatic hydroxyl groups excluding tert-OH is 1. The molecule has 0 aliphatic rings. The lowest BCUT2D eigenvalue weighted by atomic mass is 10.0. The quantitative estimate of drug-likeness (QED) is 0.538. The highest BCUT2D eigenvalue weighted by Crippen LogP contribution is 2.15. The molecule has 0 radical (unpaired) electrons. The Hall–Kier alpha value is -0.940. The van der Waals surface area contributed by atoms with E-state index in [2.05, 4.69) is 11.2 Å². The van der Waals surface area contributed by atoms with Crippen molar-refractivity contribution in [2.45, 2.75) is 19.1 Å². The lowest BCUT2D eigenvalue weighted by Crippen LogP contribution is -2.28. The summed E-state index contributed by atoms with van der Waals surface area (Å²) in [6.07, 6.45) is -0.420. The Balaban J connectivity index is 0.000000791. The summed E-state index contributed by atoms with van der Waals surface area (Å²) >= 11 is 0. The van der Waals surface area contributed by atoms with Gasteiger partial charge < -0.3 is 15.6 Å². The first-order chi connectivity index (χ1) is 6.75. The third-order valence-electron chi connectivity index (χ3n) is 2.07. The minimum absolute atomic E-state index is 0.0902. The summed E-state index contributed by atoms with van der Waals surface area (Å²) in [6, 6.07) is 9.76. The van der Waals surface area contributed by atoms with Gasteiger partial charge in [-0.3, -0.25) is 0 Å². The molecule has 4 heteroatoms. The second-order valence-electron chi connectivity index (χ2n) is 2.93. The molecule has 1 rings (SSSR count). The van der Waals surface area contributed by atoms with E-state index in [9.17, 15) is 5.11 Å². The SMILES string of the molecule is CNC(C)C(O)c1ccccc1.NO. The lowest BCUT2D eigenvalue weighted by Gasteiger charge is -2.17. The predicted octanol–water partition coefficient (Wildman–Crippen LogP) is 0.662. The molecule has 1 aromatic rings. The van der Waals surface area contributed by atoms with Crippen molar-refractivity contribution in [3.8, 4) is 0 Å². The van der Waals surface area contributed by atoms with Crippen molar-refractivity contribution in [1.29, 1.82) is 0 Å². The number of aliphatic hydroxyl groups is 1. The highest BCUT2D eigenvalue weighted by atomic mass is 16.4. The molecule has 0 aliphatic carbocycles. The van der Waals surface area contributed by atoms with Gasteiger partial charge in [0.15, 0.2) is 0 Å². The zero-order valence-electron chi connectivity index (χ0n) is 8.51. The maximum absolute atomic E-state index is 9.73. The van der Waals surface area contributed by atoms with Crippen LogP contribution in [0.1, 0.15) is 18.6 Å². The molecule has 80 valence electrons. The van der Waals surface area contributed by atoms with Gasteiger partial charge in [0, 0.05) is 6.04 Å². The number of nitrogens with one attached hydrogen (secondary N) is 1. The fraction of sp³-hybridized carbons (Fsp3) is 0.400. The van der Waals surface area contributed by atoms with E-state index in [1.54, 1.807) is 0 Å². The van der Waals surface area contributed by atoms with Crippen LogP contribution in [0.5, 0.6) is 0 Å². The fourth-order valence-electron chi connectivity index (χ4n) is 1.10. The average molecular weight is 198 g/mol. The zero-order chi connectivity index (χ0) is 11.0. The predicted molar refractivity (Wildman–Crippen MR) is 55.9 cm³/mol. The number of hydrogen-bond acceptors (Lipinski definition) is 4. The van der Waals surface area contributed by atoms with Gasteiger partial charge in [-0.25, -0.2) is 5.90 Å². The van der Waals surface area contributed by atoms with Gasteiger partial charge in [-0.2, -0.15) is 0 Å². The second kappa shape index (κ2) is 7.46. The first-order valence-corrected chi connectivity index (χ1v) is 4.42. The fourth-order valence-corrected chi connectivity index (χ4v) is 1.10. The number of rotatable bonds is 3. The normalized spacial score (nSPS) is 13.8. The van der Waals surface area contributed by atoms with Gasteiger partial charge in [0.2, 0.25) is 0 Å². The van der Waals surface area contributed by atoms with Crippen LogP contribution in [0.3, 0.4) is 0 Å². The van der Waals surface area contributed by atoms with Crippen LogP contribution < -0.4 is 11.2 Å². The molecule has 0 bridgehead atoms. The van der Waals surface area contributed by atoms with Crippen molar-refractivity contribution in [2.24, 2.45) is 5.90 Å². The van der Waals surface area contributed by atoms with E-state index in [0.29, 0.717) is 0 Å². The van der Waals surface area contributed by atoms with Crippen LogP contribution in [0.4, 0.5) is 0 Å². The highest BCUT2D eigenvalue weighted by Gasteiger charge is 2.12. The molecule has 0 fully saturated rings. The topological polar surface area (TPSA) is 78.5 Å². The molecule has 1 aromatic carbocycles. The first kappa shape index (κ1) is 13.1. The summed E-state index contributed by atoms with van der Waals surface area (Å²) in [6.45, 7) is 1.96. The van der Waals surface area contributed by atoms with Crippen molar-refractivity contribution >= 4 is 0 Å². The number of benzene rings is 1. The molecule has 0 heterocycles. The van der Waals surface area contributed by atoms with Crippen LogP contribution in [0.25, 0.3) is 0 Å². The molecule has 4 nitrogen and oxygen atoms in total. The maximum Gasteiger partial charge on any atom is 0.0940 e. The van der Waals surface area contributed by atoms with Crippen molar-refractivity contribution in [2.75, 3.05) is 7.05 Å². The number of hydrogen-bond donors (Lipinski definition) is 4. The minimum Gasteiger partial charge on any atom is -0.387 e. The van der Waals surface area contributed by atoms with E-state index >= 15 is 0 Å². The Morgan fingerprint density at radius 3 is 2.14 bits per heavy atom. The average Bonchev–Trinajstić information content (AvgIpc) is 2.31. The molecule has 2 unspecified atom stereocenters. The van der Waals surface area contributed by atoms with Crippen LogP contribution in [0.15, 0.2) is 30.3 Å². The number of nitrogens with two attached hydrogens (primary N) is 1. The van der Waals surface area contributed by atoms with Crippen LogP contribution in [-0.2, 0) is 0 Å². The zero-order valence-corrected chi connectivity index (χ0v) is 8.51. The van der Waals surface area contributed by atoms with Gasteiger partial charge in [0.05, 0.1) is 6.10 Å². The van der Waals surface area contributed by atoms with E-state index < -0.39 is 6.10 Å². The molecule has 14 heavy (non-hydrogen) atoms. The molecular formula is C10H18N2O2. The molecule has 0 aliphatic heterocycles. The first-order valence-electron chi connectivity index (χ1n) is 4.42. The van der Waals surface area contributed by atoms with E-state index in [0.717, 1.165) is 5.56 Å². The van der Waals surface area contributed by atoms with Gasteiger partial charge in [-0.1, -0.05) is 30.3 Å². The molecule has 2 atom stereocenters. The monoisotopic (exact) mass is 198 g/mol. The van der Waals surface area contributed by atoms with Crippen LogP contribution >= 0.6 is 0 Å². The van der Waals surface area contributed by atoms with Gasteiger partial charge >= 0.3 is 0 Å². The number of likely N-dealkylation sites (N-methyl/N-ethyl adjacent to an activating group) is 1. The van der Waals surface area contributed by atoms with Crippen molar-refractivity contribution in [1.82, 2.24) is 5.32 Å². The summed E-state index contributed by atoms with van der Waals surface area (Å²) in [5, 5.41) is 19.2. The Morgan fingerprint density at radius 1 is 1.21 bits per heavy atom. The van der Waals surface area contributed by atoms with E-state index in [1.807, 2.05) is 44.3 Å².